The first kappa shape index (κ1) is 26.4. The van der Waals surface area contributed by atoms with Gasteiger partial charge in [0.2, 0.25) is 5.91 Å². The fourth-order valence-corrected chi connectivity index (χ4v) is 3.89. The third kappa shape index (κ3) is 7.62. The molecule has 0 saturated carbocycles. The normalized spacial score (nSPS) is 16.1. The highest BCUT2D eigenvalue weighted by atomic mass is 16.5. The fraction of sp³-hybridized carbons (Fsp3) is 0.577. The lowest BCUT2D eigenvalue weighted by Gasteiger charge is -2.35. The van der Waals surface area contributed by atoms with Crippen LogP contribution in [0.5, 0.6) is 0 Å². The van der Waals surface area contributed by atoms with Crippen LogP contribution in [0, 0.1) is 0 Å². The van der Waals surface area contributed by atoms with Crippen molar-refractivity contribution < 1.29 is 19.1 Å². The molecule has 1 aromatic carbocycles. The third-order valence-electron chi connectivity index (χ3n) is 5.66. The van der Waals surface area contributed by atoms with E-state index in [-0.39, 0.29) is 18.0 Å². The van der Waals surface area contributed by atoms with Crippen LogP contribution in [-0.4, -0.2) is 35.5 Å². The zero-order valence-corrected chi connectivity index (χ0v) is 20.7. The third-order valence-corrected chi connectivity index (χ3v) is 5.66. The van der Waals surface area contributed by atoms with Crippen LogP contribution < -0.4 is 10.6 Å². The molecule has 1 aliphatic heterocycles. The highest BCUT2D eigenvalue weighted by Gasteiger charge is 2.36. The van der Waals surface area contributed by atoms with Crippen molar-refractivity contribution in [1.82, 2.24) is 10.2 Å². The van der Waals surface area contributed by atoms with Gasteiger partial charge in [-0.3, -0.25) is 9.69 Å². The number of nitrogens with zero attached hydrogens (tertiary/aromatic N) is 1. The Bertz CT molecular complexity index is 863. The molecule has 2 rings (SSSR count). The van der Waals surface area contributed by atoms with Crippen LogP contribution in [-0.2, 0) is 14.3 Å². The van der Waals surface area contributed by atoms with Crippen molar-refractivity contribution in [2.45, 2.75) is 91.7 Å². The van der Waals surface area contributed by atoms with Crippen molar-refractivity contribution in [3.05, 3.63) is 41.1 Å². The van der Waals surface area contributed by atoms with Gasteiger partial charge in [0.15, 0.2) is 0 Å². The number of anilines is 1. The monoisotopic (exact) mass is 457 g/mol. The molecular formula is C26H39N3O4. The summed E-state index contributed by atoms with van der Waals surface area (Å²) in [4.78, 5) is 39.9. The minimum Gasteiger partial charge on any atom is -0.459 e. The standard InChI is InChI=1S/C26H39N3O4/c1-6-8-10-11-15-22(30)27-21-14-12-13-20(17-21)24-23(25(31)33-18(3)4)19(5)29(16-9-7-2)26(32)28-24/h12-14,17-18,24H,6-11,15-16H2,1-5H3,(H,27,30)(H,28,32). The number of rotatable bonds is 12. The van der Waals surface area contributed by atoms with Crippen molar-refractivity contribution in [2.75, 3.05) is 11.9 Å². The number of benzene rings is 1. The summed E-state index contributed by atoms with van der Waals surface area (Å²) in [5.74, 6) is -0.479. The first-order chi connectivity index (χ1) is 15.8. The van der Waals surface area contributed by atoms with Crippen molar-refractivity contribution in [1.29, 1.82) is 0 Å². The number of carbonyl (C=O) groups excluding carboxylic acids is 3. The number of hydrogen-bond acceptors (Lipinski definition) is 4. The number of allylic oxidation sites excluding steroid dienone is 1. The number of unbranched alkanes of at least 4 members (excludes halogenated alkanes) is 4. The molecule has 7 heteroatoms. The Morgan fingerprint density at radius 2 is 1.85 bits per heavy atom. The van der Waals surface area contributed by atoms with E-state index in [0.717, 1.165) is 44.1 Å². The Kier molecular flexibility index (Phi) is 10.4. The Morgan fingerprint density at radius 3 is 2.52 bits per heavy atom. The summed E-state index contributed by atoms with van der Waals surface area (Å²) >= 11 is 0. The van der Waals surface area contributed by atoms with Crippen molar-refractivity contribution in [3.8, 4) is 0 Å². The molecule has 1 heterocycles. The Balaban J connectivity index is 2.29. The highest BCUT2D eigenvalue weighted by molar-refractivity contribution is 5.95. The van der Waals surface area contributed by atoms with E-state index in [1.165, 1.54) is 0 Å². The van der Waals surface area contributed by atoms with Gasteiger partial charge in [0.1, 0.15) is 0 Å². The second-order valence-electron chi connectivity index (χ2n) is 8.83. The van der Waals surface area contributed by atoms with Gasteiger partial charge >= 0.3 is 12.0 Å². The molecule has 0 bridgehead atoms. The molecule has 0 spiro atoms. The van der Waals surface area contributed by atoms with Gasteiger partial charge in [-0.15, -0.1) is 0 Å². The first-order valence-electron chi connectivity index (χ1n) is 12.2. The maximum atomic E-state index is 13.0. The number of hydrogen-bond donors (Lipinski definition) is 2. The van der Waals surface area contributed by atoms with Gasteiger partial charge in [0.25, 0.3) is 0 Å². The average molecular weight is 458 g/mol. The molecule has 0 radical (unpaired) electrons. The van der Waals surface area contributed by atoms with E-state index in [2.05, 4.69) is 24.5 Å². The summed E-state index contributed by atoms with van der Waals surface area (Å²) in [6.07, 6.45) is 6.12. The van der Waals surface area contributed by atoms with Crippen LogP contribution >= 0.6 is 0 Å². The summed E-state index contributed by atoms with van der Waals surface area (Å²) in [6.45, 7) is 10.1. The maximum absolute atomic E-state index is 13.0. The number of carbonyl (C=O) groups is 3. The van der Waals surface area contributed by atoms with E-state index in [1.807, 2.05) is 24.3 Å². The number of nitrogens with one attached hydrogen (secondary N) is 2. The van der Waals surface area contributed by atoms with Crippen molar-refractivity contribution >= 4 is 23.6 Å². The molecule has 3 amide bonds. The topological polar surface area (TPSA) is 87.7 Å². The highest BCUT2D eigenvalue weighted by Crippen LogP contribution is 2.33. The van der Waals surface area contributed by atoms with Crippen LogP contribution in [0.3, 0.4) is 0 Å². The van der Waals surface area contributed by atoms with E-state index in [0.29, 0.717) is 29.9 Å². The number of ether oxygens (including phenoxy) is 1. The minimum atomic E-state index is -0.650. The molecular weight excluding hydrogens is 418 g/mol. The fourth-order valence-electron chi connectivity index (χ4n) is 3.89. The van der Waals surface area contributed by atoms with Crippen molar-refractivity contribution in [3.63, 3.8) is 0 Å². The Labute approximate surface area is 197 Å². The molecule has 0 saturated heterocycles. The molecule has 1 aliphatic rings. The Hall–Kier alpha value is -2.83. The molecule has 2 N–H and O–H groups in total. The summed E-state index contributed by atoms with van der Waals surface area (Å²) < 4.78 is 5.51. The second-order valence-corrected chi connectivity index (χ2v) is 8.83. The van der Waals surface area contributed by atoms with Crippen LogP contribution in [0.15, 0.2) is 35.5 Å². The molecule has 1 aromatic rings. The molecule has 0 aromatic heterocycles. The molecule has 1 unspecified atom stereocenters. The first-order valence-corrected chi connectivity index (χ1v) is 12.2. The molecule has 1 atom stereocenters. The van der Waals surface area contributed by atoms with Crippen LogP contribution in [0.25, 0.3) is 0 Å². The Morgan fingerprint density at radius 1 is 1.12 bits per heavy atom. The quantitative estimate of drug-likeness (QED) is 0.312. The second kappa shape index (κ2) is 13.0. The molecule has 7 nitrogen and oxygen atoms in total. The maximum Gasteiger partial charge on any atom is 0.338 e. The lowest BCUT2D eigenvalue weighted by Crippen LogP contribution is -2.48. The van der Waals surface area contributed by atoms with E-state index in [1.54, 1.807) is 25.7 Å². The predicted octanol–water partition coefficient (Wildman–Crippen LogP) is 5.69. The van der Waals surface area contributed by atoms with Gasteiger partial charge < -0.3 is 15.4 Å². The number of urea groups is 1. The van der Waals surface area contributed by atoms with E-state index in [9.17, 15) is 14.4 Å². The molecule has 0 fully saturated rings. The van der Waals surface area contributed by atoms with E-state index in [4.69, 9.17) is 4.74 Å². The zero-order valence-electron chi connectivity index (χ0n) is 20.7. The van der Waals surface area contributed by atoms with E-state index < -0.39 is 12.0 Å². The summed E-state index contributed by atoms with van der Waals surface area (Å²) in [7, 11) is 0. The summed E-state index contributed by atoms with van der Waals surface area (Å²) in [5, 5.41) is 5.91. The largest absolute Gasteiger partial charge is 0.459 e. The molecule has 182 valence electrons. The number of amides is 3. The minimum absolute atomic E-state index is 0.0344. The molecule has 0 aliphatic carbocycles. The smallest absolute Gasteiger partial charge is 0.338 e. The molecule has 33 heavy (non-hydrogen) atoms. The lowest BCUT2D eigenvalue weighted by atomic mass is 9.94. The predicted molar refractivity (Wildman–Crippen MR) is 131 cm³/mol. The van der Waals surface area contributed by atoms with Gasteiger partial charge in [-0.1, -0.05) is 51.7 Å². The lowest BCUT2D eigenvalue weighted by molar-refractivity contribution is -0.143. The van der Waals surface area contributed by atoms with Crippen LogP contribution in [0.2, 0.25) is 0 Å². The number of esters is 1. The van der Waals surface area contributed by atoms with Gasteiger partial charge in [-0.25, -0.2) is 9.59 Å². The van der Waals surface area contributed by atoms with Gasteiger partial charge in [-0.2, -0.15) is 0 Å². The van der Waals surface area contributed by atoms with Gasteiger partial charge in [0, 0.05) is 24.4 Å². The summed E-state index contributed by atoms with van der Waals surface area (Å²) in [5.41, 5.74) is 2.39. The van der Waals surface area contributed by atoms with Crippen LogP contribution in [0.4, 0.5) is 10.5 Å². The SMILES string of the molecule is CCCCCCC(=O)Nc1cccc(C2NC(=O)N(CCCC)C(C)=C2C(=O)OC(C)C)c1. The van der Waals surface area contributed by atoms with Gasteiger partial charge in [-0.05, 0) is 51.3 Å². The van der Waals surface area contributed by atoms with Gasteiger partial charge in [0.05, 0.1) is 17.7 Å². The van der Waals surface area contributed by atoms with Crippen LogP contribution in [0.1, 0.15) is 91.2 Å². The zero-order chi connectivity index (χ0) is 24.4. The van der Waals surface area contributed by atoms with Crippen molar-refractivity contribution in [2.24, 2.45) is 0 Å². The van der Waals surface area contributed by atoms with E-state index >= 15 is 0 Å². The summed E-state index contributed by atoms with van der Waals surface area (Å²) in [6, 6.07) is 6.40. The average Bonchev–Trinajstić information content (AvgIpc) is 2.76.